The molecule has 0 atom stereocenters. The average Bonchev–Trinajstić information content (AvgIpc) is 2.99. The van der Waals surface area contributed by atoms with Gasteiger partial charge in [0.05, 0.1) is 24.9 Å². The Morgan fingerprint density at radius 1 is 1.19 bits per heavy atom. The molecule has 3 rings (SSSR count). The smallest absolute Gasteiger partial charge is 0.308 e. The van der Waals surface area contributed by atoms with Crippen LogP contribution in [0.1, 0.15) is 16.0 Å². The van der Waals surface area contributed by atoms with Crippen LogP contribution in [0.15, 0.2) is 42.5 Å². The molecule has 0 aliphatic carbocycles. The molecule has 0 saturated carbocycles. The summed E-state index contributed by atoms with van der Waals surface area (Å²) in [4.78, 5) is 16.7. The van der Waals surface area contributed by atoms with E-state index >= 15 is 0 Å². The van der Waals surface area contributed by atoms with Crippen molar-refractivity contribution in [3.8, 4) is 17.0 Å². The molecule has 0 aliphatic rings. The average molecular weight is 368 g/mol. The number of hydrogen-bond donors (Lipinski definition) is 2. The Balaban J connectivity index is 2.01. The van der Waals surface area contributed by atoms with Gasteiger partial charge in [-0.15, -0.1) is 11.3 Å². The predicted molar refractivity (Wildman–Crippen MR) is 105 cm³/mol. The number of ether oxygens (including phenoxy) is 1. The highest BCUT2D eigenvalue weighted by atomic mass is 32.1. The zero-order valence-corrected chi connectivity index (χ0v) is 15.7. The van der Waals surface area contributed by atoms with E-state index in [9.17, 15) is 9.90 Å². The summed E-state index contributed by atoms with van der Waals surface area (Å²) in [6.07, 6.45) is -0.0620. The largest absolute Gasteiger partial charge is 0.495 e. The second-order valence-electron chi connectivity index (χ2n) is 5.99. The molecular formula is C20H20N2O3S. The minimum absolute atomic E-state index is 0.0620. The molecule has 0 bridgehead atoms. The summed E-state index contributed by atoms with van der Waals surface area (Å²) in [7, 11) is 1.61. The monoisotopic (exact) mass is 368 g/mol. The quantitative estimate of drug-likeness (QED) is 0.653. The molecule has 5 nitrogen and oxygen atoms in total. The number of carboxylic acids is 1. The van der Waals surface area contributed by atoms with Crippen LogP contribution in [-0.4, -0.2) is 23.2 Å². The summed E-state index contributed by atoms with van der Waals surface area (Å²) in [5.41, 5.74) is 4.76. The first kappa shape index (κ1) is 17.9. The number of para-hydroxylation sites is 2. The molecule has 0 radical (unpaired) electrons. The van der Waals surface area contributed by atoms with Crippen LogP contribution in [-0.2, 0) is 11.2 Å². The van der Waals surface area contributed by atoms with E-state index in [2.05, 4.69) is 10.3 Å². The van der Waals surface area contributed by atoms with Gasteiger partial charge in [0.2, 0.25) is 0 Å². The summed E-state index contributed by atoms with van der Waals surface area (Å²) < 4.78 is 5.35. The van der Waals surface area contributed by atoms with Crippen LogP contribution < -0.4 is 10.1 Å². The summed E-state index contributed by atoms with van der Waals surface area (Å²) >= 11 is 1.35. The van der Waals surface area contributed by atoms with Gasteiger partial charge in [-0.1, -0.05) is 24.3 Å². The molecule has 134 valence electrons. The fourth-order valence-corrected chi connectivity index (χ4v) is 3.63. The number of nitrogens with zero attached hydrogens (tertiary/aromatic N) is 1. The van der Waals surface area contributed by atoms with E-state index < -0.39 is 5.97 Å². The molecule has 3 aromatic rings. The molecule has 26 heavy (non-hydrogen) atoms. The number of hydrogen-bond acceptors (Lipinski definition) is 5. The fraction of sp³-hybridized carbons (Fsp3) is 0.200. The van der Waals surface area contributed by atoms with Gasteiger partial charge < -0.3 is 15.2 Å². The Hall–Kier alpha value is -2.86. The van der Waals surface area contributed by atoms with Gasteiger partial charge in [0.15, 0.2) is 5.13 Å². The fourth-order valence-electron chi connectivity index (χ4n) is 2.64. The van der Waals surface area contributed by atoms with Gasteiger partial charge in [-0.3, -0.25) is 4.79 Å². The number of benzene rings is 2. The summed E-state index contributed by atoms with van der Waals surface area (Å²) in [5.74, 6) is -0.169. The van der Waals surface area contributed by atoms with Crippen molar-refractivity contribution < 1.29 is 14.6 Å². The van der Waals surface area contributed by atoms with Crippen LogP contribution in [0.2, 0.25) is 0 Å². The van der Waals surface area contributed by atoms with Gasteiger partial charge in [0.1, 0.15) is 5.75 Å². The Bertz CT molecular complexity index is 950. The molecule has 0 spiro atoms. The highest BCUT2D eigenvalue weighted by Crippen LogP contribution is 2.35. The Kier molecular flexibility index (Phi) is 5.23. The zero-order valence-electron chi connectivity index (χ0n) is 14.9. The first-order chi connectivity index (χ1) is 12.5. The van der Waals surface area contributed by atoms with Crippen LogP contribution >= 0.6 is 11.3 Å². The van der Waals surface area contributed by atoms with Crippen molar-refractivity contribution in [2.24, 2.45) is 0 Å². The van der Waals surface area contributed by atoms with E-state index in [-0.39, 0.29) is 6.42 Å². The third-order valence-corrected chi connectivity index (χ3v) is 5.11. The van der Waals surface area contributed by atoms with Crippen LogP contribution in [0.25, 0.3) is 11.3 Å². The number of aliphatic carboxylic acids is 1. The summed E-state index contributed by atoms with van der Waals surface area (Å²) in [5, 5.41) is 13.1. The standard InChI is InChI=1S/C20H20N2O3S/c1-12-8-9-14(10-13(12)2)19-17(11-18(23)24)26-20(22-19)21-15-6-4-5-7-16(15)25-3/h4-10H,11H2,1-3H3,(H,21,22)(H,23,24). The maximum Gasteiger partial charge on any atom is 0.308 e. The Morgan fingerprint density at radius 3 is 2.65 bits per heavy atom. The Labute approximate surface area is 156 Å². The van der Waals surface area contributed by atoms with Gasteiger partial charge in [-0.05, 0) is 43.2 Å². The highest BCUT2D eigenvalue weighted by Gasteiger charge is 2.17. The molecule has 0 unspecified atom stereocenters. The minimum Gasteiger partial charge on any atom is -0.495 e. The van der Waals surface area contributed by atoms with Gasteiger partial charge in [-0.25, -0.2) is 4.98 Å². The molecule has 1 heterocycles. The normalized spacial score (nSPS) is 10.6. The van der Waals surface area contributed by atoms with Crippen LogP contribution in [0.4, 0.5) is 10.8 Å². The van der Waals surface area contributed by atoms with Gasteiger partial charge in [-0.2, -0.15) is 0 Å². The maximum absolute atomic E-state index is 11.3. The number of carbonyl (C=O) groups is 1. The lowest BCUT2D eigenvalue weighted by atomic mass is 10.0. The SMILES string of the molecule is COc1ccccc1Nc1nc(-c2ccc(C)c(C)c2)c(CC(=O)O)s1. The molecule has 0 amide bonds. The number of rotatable bonds is 6. The number of aryl methyl sites for hydroxylation is 2. The number of thiazole rings is 1. The highest BCUT2D eigenvalue weighted by molar-refractivity contribution is 7.16. The van der Waals surface area contributed by atoms with E-state index in [0.717, 1.165) is 21.7 Å². The molecule has 6 heteroatoms. The van der Waals surface area contributed by atoms with Crippen molar-refractivity contribution in [3.05, 3.63) is 58.5 Å². The maximum atomic E-state index is 11.3. The number of carboxylic acid groups (broad SMARTS) is 1. The molecule has 0 fully saturated rings. The topological polar surface area (TPSA) is 71.5 Å². The van der Waals surface area contributed by atoms with Crippen molar-refractivity contribution in [2.75, 3.05) is 12.4 Å². The van der Waals surface area contributed by atoms with Crippen LogP contribution in [0, 0.1) is 13.8 Å². The van der Waals surface area contributed by atoms with E-state index in [1.54, 1.807) is 7.11 Å². The minimum atomic E-state index is -0.873. The van der Waals surface area contributed by atoms with Crippen molar-refractivity contribution >= 4 is 28.1 Å². The van der Waals surface area contributed by atoms with Crippen LogP contribution in [0.3, 0.4) is 0 Å². The number of aromatic nitrogens is 1. The van der Waals surface area contributed by atoms with Gasteiger partial charge in [0, 0.05) is 10.4 Å². The van der Waals surface area contributed by atoms with Crippen molar-refractivity contribution in [2.45, 2.75) is 20.3 Å². The second-order valence-corrected chi connectivity index (χ2v) is 7.07. The molecule has 0 saturated heterocycles. The lowest BCUT2D eigenvalue weighted by molar-refractivity contribution is -0.136. The first-order valence-electron chi connectivity index (χ1n) is 8.17. The molecule has 0 aliphatic heterocycles. The Morgan fingerprint density at radius 2 is 1.96 bits per heavy atom. The number of nitrogens with one attached hydrogen (secondary N) is 1. The van der Waals surface area contributed by atoms with Gasteiger partial charge >= 0.3 is 5.97 Å². The van der Waals surface area contributed by atoms with E-state index in [1.165, 1.54) is 16.9 Å². The van der Waals surface area contributed by atoms with E-state index in [0.29, 0.717) is 16.6 Å². The second kappa shape index (κ2) is 7.58. The van der Waals surface area contributed by atoms with E-state index in [1.807, 2.05) is 56.3 Å². The first-order valence-corrected chi connectivity index (χ1v) is 8.98. The summed E-state index contributed by atoms with van der Waals surface area (Å²) in [6.45, 7) is 4.09. The number of anilines is 2. The third kappa shape index (κ3) is 3.86. The van der Waals surface area contributed by atoms with Gasteiger partial charge in [0.25, 0.3) is 0 Å². The van der Waals surface area contributed by atoms with Crippen molar-refractivity contribution in [3.63, 3.8) is 0 Å². The molecule has 1 aromatic heterocycles. The molecule has 2 aromatic carbocycles. The van der Waals surface area contributed by atoms with Crippen molar-refractivity contribution in [1.82, 2.24) is 4.98 Å². The summed E-state index contributed by atoms with van der Waals surface area (Å²) in [6, 6.07) is 13.6. The zero-order chi connectivity index (χ0) is 18.7. The van der Waals surface area contributed by atoms with Crippen LogP contribution in [0.5, 0.6) is 5.75 Å². The van der Waals surface area contributed by atoms with Crippen molar-refractivity contribution in [1.29, 1.82) is 0 Å². The lowest BCUT2D eigenvalue weighted by Gasteiger charge is -2.08. The number of methoxy groups -OCH3 is 1. The third-order valence-electron chi connectivity index (χ3n) is 4.14. The predicted octanol–water partition coefficient (Wildman–Crippen LogP) is 4.81. The van der Waals surface area contributed by atoms with E-state index in [4.69, 9.17) is 4.74 Å². The molecule has 2 N–H and O–H groups in total. The lowest BCUT2D eigenvalue weighted by Crippen LogP contribution is -1.99. The molecular weight excluding hydrogens is 348 g/mol.